The van der Waals surface area contributed by atoms with Crippen molar-refractivity contribution in [3.63, 3.8) is 0 Å². The van der Waals surface area contributed by atoms with Gasteiger partial charge in [0.05, 0.1) is 6.10 Å². The standard InChI is InChI=1S/C7H10O/c1-5-3-2-4-6-7(5)8-6/h3,6-7H,2,4H2,1H3. The molecule has 2 rings (SSSR count). The molecule has 1 saturated heterocycles. The molecule has 0 amide bonds. The van der Waals surface area contributed by atoms with Gasteiger partial charge in [0, 0.05) is 0 Å². The predicted octanol–water partition coefficient (Wildman–Crippen LogP) is 1.49. The highest BCUT2D eigenvalue weighted by Crippen LogP contribution is 2.36. The van der Waals surface area contributed by atoms with Crippen LogP contribution >= 0.6 is 0 Å². The molecule has 1 aliphatic heterocycles. The lowest BCUT2D eigenvalue weighted by molar-refractivity contribution is 0.381. The molecule has 0 radical (unpaired) electrons. The first-order valence-corrected chi connectivity index (χ1v) is 3.20. The summed E-state index contributed by atoms with van der Waals surface area (Å²) in [7, 11) is 0. The molecule has 8 heavy (non-hydrogen) atoms. The van der Waals surface area contributed by atoms with E-state index < -0.39 is 0 Å². The Morgan fingerprint density at radius 3 is 3.25 bits per heavy atom. The summed E-state index contributed by atoms with van der Waals surface area (Å²) in [6.07, 6.45) is 5.91. The third-order valence-electron chi connectivity index (χ3n) is 1.95. The third-order valence-corrected chi connectivity index (χ3v) is 1.95. The monoisotopic (exact) mass is 110 g/mol. The Labute approximate surface area is 49.3 Å². The van der Waals surface area contributed by atoms with Crippen LogP contribution < -0.4 is 0 Å². The third kappa shape index (κ3) is 0.511. The van der Waals surface area contributed by atoms with Gasteiger partial charge in [-0.15, -0.1) is 0 Å². The topological polar surface area (TPSA) is 12.5 Å². The molecule has 0 bridgehead atoms. The molecular formula is C7H10O. The second kappa shape index (κ2) is 1.35. The average molecular weight is 110 g/mol. The van der Waals surface area contributed by atoms with Gasteiger partial charge in [0.1, 0.15) is 6.10 Å². The minimum Gasteiger partial charge on any atom is -0.365 e. The van der Waals surface area contributed by atoms with Gasteiger partial charge in [-0.2, -0.15) is 0 Å². The normalized spacial score (nSPS) is 42.9. The molecular weight excluding hydrogens is 100 g/mol. The molecule has 0 saturated carbocycles. The number of allylic oxidation sites excluding steroid dienone is 1. The Kier molecular flexibility index (Phi) is 0.770. The summed E-state index contributed by atoms with van der Waals surface area (Å²) in [5.41, 5.74) is 1.45. The molecule has 1 heterocycles. The van der Waals surface area contributed by atoms with E-state index in [1.165, 1.54) is 18.4 Å². The molecule has 0 spiro atoms. The van der Waals surface area contributed by atoms with Crippen LogP contribution in [0.2, 0.25) is 0 Å². The van der Waals surface area contributed by atoms with Gasteiger partial charge in [-0.25, -0.2) is 0 Å². The van der Waals surface area contributed by atoms with E-state index in [9.17, 15) is 0 Å². The first-order valence-electron chi connectivity index (χ1n) is 3.20. The highest BCUT2D eigenvalue weighted by atomic mass is 16.6. The van der Waals surface area contributed by atoms with E-state index in [4.69, 9.17) is 4.74 Å². The van der Waals surface area contributed by atoms with Gasteiger partial charge >= 0.3 is 0 Å². The maximum atomic E-state index is 5.32. The van der Waals surface area contributed by atoms with Crippen molar-refractivity contribution in [1.82, 2.24) is 0 Å². The van der Waals surface area contributed by atoms with Gasteiger partial charge in [-0.05, 0) is 25.3 Å². The van der Waals surface area contributed by atoms with Crippen LogP contribution in [0.15, 0.2) is 11.6 Å². The summed E-state index contributed by atoms with van der Waals surface area (Å²) in [6, 6.07) is 0. The number of hydrogen-bond donors (Lipinski definition) is 0. The van der Waals surface area contributed by atoms with E-state index in [0.29, 0.717) is 12.2 Å². The Morgan fingerprint density at radius 1 is 1.75 bits per heavy atom. The van der Waals surface area contributed by atoms with Crippen molar-refractivity contribution in [2.45, 2.75) is 32.0 Å². The second-order valence-corrected chi connectivity index (χ2v) is 2.62. The summed E-state index contributed by atoms with van der Waals surface area (Å²) in [5.74, 6) is 0. The molecule has 1 nitrogen and oxygen atoms in total. The number of rotatable bonds is 0. The van der Waals surface area contributed by atoms with Crippen molar-refractivity contribution >= 4 is 0 Å². The fraction of sp³-hybridized carbons (Fsp3) is 0.714. The van der Waals surface area contributed by atoms with Gasteiger partial charge in [-0.3, -0.25) is 0 Å². The maximum Gasteiger partial charge on any atom is 0.105 e. The van der Waals surface area contributed by atoms with Crippen LogP contribution in [0.1, 0.15) is 19.8 Å². The Morgan fingerprint density at radius 2 is 2.62 bits per heavy atom. The summed E-state index contributed by atoms with van der Waals surface area (Å²) in [6.45, 7) is 2.16. The minimum atomic E-state index is 0.531. The largest absolute Gasteiger partial charge is 0.365 e. The zero-order valence-corrected chi connectivity index (χ0v) is 5.05. The molecule has 2 atom stereocenters. The summed E-state index contributed by atoms with van der Waals surface area (Å²) < 4.78 is 5.32. The molecule has 2 aliphatic rings. The van der Waals surface area contributed by atoms with Crippen molar-refractivity contribution < 1.29 is 4.74 Å². The second-order valence-electron chi connectivity index (χ2n) is 2.62. The molecule has 1 heteroatoms. The van der Waals surface area contributed by atoms with E-state index in [-0.39, 0.29) is 0 Å². The minimum absolute atomic E-state index is 0.531. The summed E-state index contributed by atoms with van der Waals surface area (Å²) >= 11 is 0. The van der Waals surface area contributed by atoms with E-state index in [1.54, 1.807) is 0 Å². The lowest BCUT2D eigenvalue weighted by atomic mass is 10.0. The highest BCUT2D eigenvalue weighted by molar-refractivity contribution is 5.18. The molecule has 0 N–H and O–H groups in total. The van der Waals surface area contributed by atoms with Crippen LogP contribution in [0.4, 0.5) is 0 Å². The van der Waals surface area contributed by atoms with Gasteiger partial charge in [0.2, 0.25) is 0 Å². The van der Waals surface area contributed by atoms with Crippen LogP contribution in [0.25, 0.3) is 0 Å². The molecule has 0 aromatic carbocycles. The molecule has 2 unspecified atom stereocenters. The van der Waals surface area contributed by atoms with Crippen molar-refractivity contribution in [2.24, 2.45) is 0 Å². The molecule has 0 aromatic heterocycles. The zero-order chi connectivity index (χ0) is 5.56. The number of epoxide rings is 1. The lowest BCUT2D eigenvalue weighted by Gasteiger charge is -1.99. The fourth-order valence-electron chi connectivity index (χ4n) is 1.35. The first kappa shape index (κ1) is 4.57. The quantitative estimate of drug-likeness (QED) is 0.340. The number of fused-ring (bicyclic) bond motifs is 1. The van der Waals surface area contributed by atoms with Crippen LogP contribution in [0, 0.1) is 0 Å². The number of ether oxygens (including phenoxy) is 1. The zero-order valence-electron chi connectivity index (χ0n) is 5.05. The SMILES string of the molecule is CC1=CCCC2OC12. The van der Waals surface area contributed by atoms with Crippen molar-refractivity contribution in [3.8, 4) is 0 Å². The maximum absolute atomic E-state index is 5.32. The van der Waals surface area contributed by atoms with Crippen molar-refractivity contribution in [1.29, 1.82) is 0 Å². The van der Waals surface area contributed by atoms with Crippen LogP contribution in [0.3, 0.4) is 0 Å². The van der Waals surface area contributed by atoms with E-state index in [2.05, 4.69) is 13.0 Å². The predicted molar refractivity (Wildman–Crippen MR) is 31.7 cm³/mol. The van der Waals surface area contributed by atoms with E-state index >= 15 is 0 Å². The Bertz CT molecular complexity index is 137. The van der Waals surface area contributed by atoms with Crippen LogP contribution in [-0.2, 0) is 4.74 Å². The van der Waals surface area contributed by atoms with E-state index in [0.717, 1.165) is 0 Å². The van der Waals surface area contributed by atoms with Crippen molar-refractivity contribution in [2.75, 3.05) is 0 Å². The smallest absolute Gasteiger partial charge is 0.105 e. The molecule has 1 fully saturated rings. The summed E-state index contributed by atoms with van der Waals surface area (Å²) in [4.78, 5) is 0. The van der Waals surface area contributed by atoms with Gasteiger partial charge < -0.3 is 4.74 Å². The molecule has 1 aliphatic carbocycles. The fourth-order valence-corrected chi connectivity index (χ4v) is 1.35. The average Bonchev–Trinajstić information content (AvgIpc) is 2.45. The highest BCUT2D eigenvalue weighted by Gasteiger charge is 2.40. The lowest BCUT2D eigenvalue weighted by Crippen LogP contribution is -2.00. The molecule has 44 valence electrons. The van der Waals surface area contributed by atoms with Crippen molar-refractivity contribution in [3.05, 3.63) is 11.6 Å². The Balaban J connectivity index is 2.18. The van der Waals surface area contributed by atoms with Gasteiger partial charge in [-0.1, -0.05) is 6.08 Å². The van der Waals surface area contributed by atoms with Crippen LogP contribution in [0.5, 0.6) is 0 Å². The summed E-state index contributed by atoms with van der Waals surface area (Å²) in [5, 5.41) is 0. The van der Waals surface area contributed by atoms with Gasteiger partial charge in [0.25, 0.3) is 0 Å². The van der Waals surface area contributed by atoms with Gasteiger partial charge in [0.15, 0.2) is 0 Å². The first-order chi connectivity index (χ1) is 3.88. The van der Waals surface area contributed by atoms with Crippen LogP contribution in [-0.4, -0.2) is 12.2 Å². The number of hydrogen-bond acceptors (Lipinski definition) is 1. The van der Waals surface area contributed by atoms with E-state index in [1.807, 2.05) is 0 Å². The molecule has 0 aromatic rings. The Hall–Kier alpha value is -0.300.